The summed E-state index contributed by atoms with van der Waals surface area (Å²) < 4.78 is 2.73. The van der Waals surface area contributed by atoms with E-state index in [1.54, 1.807) is 6.20 Å². The van der Waals surface area contributed by atoms with Crippen molar-refractivity contribution in [3.8, 4) is 5.82 Å². The standard InChI is InChI=1S/C14H18BrN3/c1-4-5-11-8-13(17-9-12(11)10(2)3)18-7-6-16-14(18)15/h6-10H,4-5H2,1-3H3. The minimum absolute atomic E-state index is 0.513. The molecule has 0 N–H and O–H groups in total. The lowest BCUT2D eigenvalue weighted by Crippen LogP contribution is -2.03. The maximum absolute atomic E-state index is 4.54. The first kappa shape index (κ1) is 13.3. The number of rotatable bonds is 4. The zero-order chi connectivity index (χ0) is 13.1. The summed E-state index contributed by atoms with van der Waals surface area (Å²) in [6.45, 7) is 6.63. The average molecular weight is 308 g/mol. The largest absolute Gasteiger partial charge is 0.278 e. The fourth-order valence-corrected chi connectivity index (χ4v) is 2.51. The van der Waals surface area contributed by atoms with Gasteiger partial charge in [0.1, 0.15) is 5.82 Å². The van der Waals surface area contributed by atoms with Crippen molar-refractivity contribution in [1.29, 1.82) is 0 Å². The predicted octanol–water partition coefficient (Wildman–Crippen LogP) is 4.11. The molecule has 0 unspecified atom stereocenters. The summed E-state index contributed by atoms with van der Waals surface area (Å²) in [4.78, 5) is 8.70. The molecule has 0 aliphatic heterocycles. The first-order valence-electron chi connectivity index (χ1n) is 6.31. The smallest absolute Gasteiger partial charge is 0.182 e. The van der Waals surface area contributed by atoms with Crippen LogP contribution in [0.5, 0.6) is 0 Å². The highest BCUT2D eigenvalue weighted by Crippen LogP contribution is 2.23. The summed E-state index contributed by atoms with van der Waals surface area (Å²) in [5.41, 5.74) is 2.73. The SMILES string of the molecule is CCCc1cc(-n2ccnc2Br)ncc1C(C)C. The lowest BCUT2D eigenvalue weighted by Gasteiger charge is -2.14. The maximum Gasteiger partial charge on any atom is 0.182 e. The number of halogens is 1. The third kappa shape index (κ3) is 2.64. The van der Waals surface area contributed by atoms with Crippen molar-refractivity contribution < 1.29 is 0 Å². The third-order valence-corrected chi connectivity index (χ3v) is 3.58. The molecular weight excluding hydrogens is 290 g/mol. The molecule has 2 aromatic heterocycles. The van der Waals surface area contributed by atoms with E-state index < -0.39 is 0 Å². The Kier molecular flexibility index (Phi) is 4.17. The van der Waals surface area contributed by atoms with Crippen molar-refractivity contribution in [3.63, 3.8) is 0 Å². The molecule has 96 valence electrons. The fraction of sp³-hybridized carbons (Fsp3) is 0.429. The molecule has 0 amide bonds. The summed E-state index contributed by atoms with van der Waals surface area (Å²) >= 11 is 3.43. The molecule has 0 aromatic carbocycles. The second-order valence-electron chi connectivity index (χ2n) is 4.71. The van der Waals surface area contributed by atoms with Gasteiger partial charge in [0.15, 0.2) is 4.73 Å². The Balaban J connectivity index is 2.46. The average Bonchev–Trinajstić information content (AvgIpc) is 2.75. The molecule has 18 heavy (non-hydrogen) atoms. The quantitative estimate of drug-likeness (QED) is 0.851. The van der Waals surface area contributed by atoms with Gasteiger partial charge in [-0.3, -0.25) is 4.57 Å². The molecule has 0 radical (unpaired) electrons. The van der Waals surface area contributed by atoms with E-state index in [9.17, 15) is 0 Å². The van der Waals surface area contributed by atoms with Crippen molar-refractivity contribution in [2.75, 3.05) is 0 Å². The van der Waals surface area contributed by atoms with Gasteiger partial charge in [0, 0.05) is 18.6 Å². The first-order valence-corrected chi connectivity index (χ1v) is 7.10. The minimum Gasteiger partial charge on any atom is -0.278 e. The van der Waals surface area contributed by atoms with Gasteiger partial charge >= 0.3 is 0 Å². The molecule has 0 spiro atoms. The van der Waals surface area contributed by atoms with E-state index >= 15 is 0 Å². The zero-order valence-electron chi connectivity index (χ0n) is 11.0. The predicted molar refractivity (Wildman–Crippen MR) is 77.1 cm³/mol. The first-order chi connectivity index (χ1) is 8.63. The lowest BCUT2D eigenvalue weighted by atomic mass is 9.97. The van der Waals surface area contributed by atoms with Gasteiger partial charge in [-0.15, -0.1) is 0 Å². The molecule has 3 nitrogen and oxygen atoms in total. The molecule has 0 aliphatic rings. The Bertz CT molecular complexity index is 532. The number of nitrogens with zero attached hydrogens (tertiary/aromatic N) is 3. The minimum atomic E-state index is 0.513. The molecule has 2 rings (SSSR count). The van der Waals surface area contributed by atoms with E-state index in [1.807, 2.05) is 17.0 Å². The van der Waals surface area contributed by atoms with Gasteiger partial charge in [0.25, 0.3) is 0 Å². The van der Waals surface area contributed by atoms with E-state index in [0.29, 0.717) is 5.92 Å². The van der Waals surface area contributed by atoms with Crippen LogP contribution in [-0.2, 0) is 6.42 Å². The van der Waals surface area contributed by atoms with Crippen LogP contribution < -0.4 is 0 Å². The number of pyridine rings is 1. The third-order valence-electron chi connectivity index (χ3n) is 2.99. The van der Waals surface area contributed by atoms with Crippen LogP contribution in [0.25, 0.3) is 5.82 Å². The lowest BCUT2D eigenvalue weighted by molar-refractivity contribution is 0.804. The van der Waals surface area contributed by atoms with E-state index in [2.05, 4.69) is 52.7 Å². The molecule has 0 bridgehead atoms. The Labute approximate surface area is 116 Å². The number of hydrogen-bond donors (Lipinski definition) is 0. The highest BCUT2D eigenvalue weighted by atomic mass is 79.9. The van der Waals surface area contributed by atoms with Gasteiger partial charge in [0.05, 0.1) is 0 Å². The van der Waals surface area contributed by atoms with E-state index in [1.165, 1.54) is 11.1 Å². The number of imidazole rings is 1. The Morgan fingerprint density at radius 1 is 1.33 bits per heavy atom. The summed E-state index contributed by atoms with van der Waals surface area (Å²) in [6.07, 6.45) is 7.92. The molecule has 0 atom stereocenters. The van der Waals surface area contributed by atoms with Crippen molar-refractivity contribution >= 4 is 15.9 Å². The Morgan fingerprint density at radius 3 is 2.67 bits per heavy atom. The van der Waals surface area contributed by atoms with Gasteiger partial charge in [-0.2, -0.15) is 0 Å². The molecular formula is C14H18BrN3. The second kappa shape index (κ2) is 5.65. The van der Waals surface area contributed by atoms with Gasteiger partial charge in [-0.1, -0.05) is 27.2 Å². The van der Waals surface area contributed by atoms with Crippen LogP contribution in [-0.4, -0.2) is 14.5 Å². The maximum atomic E-state index is 4.54. The summed E-state index contributed by atoms with van der Waals surface area (Å²) in [5.74, 6) is 1.44. The number of hydrogen-bond acceptors (Lipinski definition) is 2. The summed E-state index contributed by atoms with van der Waals surface area (Å²) in [5, 5.41) is 0. The molecule has 2 heterocycles. The number of aryl methyl sites for hydroxylation is 1. The van der Waals surface area contributed by atoms with Gasteiger partial charge < -0.3 is 0 Å². The van der Waals surface area contributed by atoms with Gasteiger partial charge in [-0.05, 0) is 45.5 Å². The van der Waals surface area contributed by atoms with Crippen molar-refractivity contribution in [1.82, 2.24) is 14.5 Å². The highest BCUT2D eigenvalue weighted by molar-refractivity contribution is 9.10. The van der Waals surface area contributed by atoms with Crippen molar-refractivity contribution in [2.45, 2.75) is 39.5 Å². The second-order valence-corrected chi connectivity index (χ2v) is 5.42. The van der Waals surface area contributed by atoms with Crippen LogP contribution in [0, 0.1) is 0 Å². The fourth-order valence-electron chi connectivity index (χ4n) is 2.09. The zero-order valence-corrected chi connectivity index (χ0v) is 12.6. The van der Waals surface area contributed by atoms with Gasteiger partial charge in [0.2, 0.25) is 0 Å². The summed E-state index contributed by atoms with van der Waals surface area (Å²) in [7, 11) is 0. The molecule has 0 saturated carbocycles. The molecule has 0 saturated heterocycles. The molecule has 0 aliphatic carbocycles. The molecule has 2 aromatic rings. The molecule has 0 fully saturated rings. The van der Waals surface area contributed by atoms with Crippen molar-refractivity contribution in [3.05, 3.63) is 40.5 Å². The van der Waals surface area contributed by atoms with Crippen LogP contribution >= 0.6 is 15.9 Å². The molecule has 4 heteroatoms. The van der Waals surface area contributed by atoms with Crippen LogP contribution in [0.2, 0.25) is 0 Å². The van der Waals surface area contributed by atoms with E-state index in [-0.39, 0.29) is 0 Å². The van der Waals surface area contributed by atoms with Crippen molar-refractivity contribution in [2.24, 2.45) is 0 Å². The van der Waals surface area contributed by atoms with Crippen LogP contribution in [0.4, 0.5) is 0 Å². The number of aromatic nitrogens is 3. The monoisotopic (exact) mass is 307 g/mol. The topological polar surface area (TPSA) is 30.7 Å². The van der Waals surface area contributed by atoms with Crippen LogP contribution in [0.15, 0.2) is 29.4 Å². The normalized spacial score (nSPS) is 11.2. The van der Waals surface area contributed by atoms with Gasteiger partial charge in [-0.25, -0.2) is 9.97 Å². The Hall–Kier alpha value is -1.16. The summed E-state index contributed by atoms with van der Waals surface area (Å²) in [6, 6.07) is 2.17. The Morgan fingerprint density at radius 2 is 2.11 bits per heavy atom. The van der Waals surface area contributed by atoms with E-state index in [4.69, 9.17) is 0 Å². The van der Waals surface area contributed by atoms with Crippen LogP contribution in [0.3, 0.4) is 0 Å². The highest BCUT2D eigenvalue weighted by Gasteiger charge is 2.10. The van der Waals surface area contributed by atoms with Crippen LogP contribution in [0.1, 0.15) is 44.2 Å². The van der Waals surface area contributed by atoms with E-state index in [0.717, 1.165) is 23.4 Å².